The molecule has 0 amide bonds. The summed E-state index contributed by atoms with van der Waals surface area (Å²) in [5.74, 6) is 1.33. The minimum atomic E-state index is -0.273. The Hall–Kier alpha value is -3.21. The number of hydrogen-bond donors (Lipinski definition) is 0. The molecule has 1 heterocycles. The second kappa shape index (κ2) is 16.5. The van der Waals surface area contributed by atoms with Gasteiger partial charge >= 0.3 is 5.97 Å². The van der Waals surface area contributed by atoms with Crippen molar-refractivity contribution in [3.63, 3.8) is 0 Å². The molecule has 0 spiro atoms. The van der Waals surface area contributed by atoms with Crippen molar-refractivity contribution in [2.24, 2.45) is 0 Å². The van der Waals surface area contributed by atoms with Gasteiger partial charge < -0.3 is 9.47 Å². The number of nitrogens with zero attached hydrogens (tertiary/aromatic N) is 2. The molecule has 0 aliphatic heterocycles. The van der Waals surface area contributed by atoms with Gasteiger partial charge in [-0.1, -0.05) is 70.1 Å². The maximum Gasteiger partial charge on any atom is 0.338 e. The highest BCUT2D eigenvalue weighted by Crippen LogP contribution is 2.20. The average Bonchev–Trinajstić information content (AvgIpc) is 2.93. The van der Waals surface area contributed by atoms with Crippen LogP contribution in [0.4, 0.5) is 0 Å². The Morgan fingerprint density at radius 2 is 1.46 bits per heavy atom. The first-order valence-corrected chi connectivity index (χ1v) is 14.0. The number of unbranched alkanes of at least 4 members (excludes halogenated alkanes) is 7. The lowest BCUT2D eigenvalue weighted by Gasteiger charge is -2.13. The van der Waals surface area contributed by atoms with E-state index in [2.05, 4.69) is 16.9 Å². The smallest absolute Gasteiger partial charge is 0.338 e. The van der Waals surface area contributed by atoms with Crippen molar-refractivity contribution < 1.29 is 14.3 Å². The van der Waals surface area contributed by atoms with Crippen LogP contribution in [-0.4, -0.2) is 28.6 Å². The number of rotatable bonds is 17. The molecule has 0 radical (unpaired) electrons. The maximum absolute atomic E-state index is 12.2. The molecule has 5 heteroatoms. The second-order valence-electron chi connectivity index (χ2n) is 9.74. The van der Waals surface area contributed by atoms with Crippen molar-refractivity contribution in [2.75, 3.05) is 6.61 Å². The van der Waals surface area contributed by atoms with Gasteiger partial charge in [0, 0.05) is 18.0 Å². The predicted molar refractivity (Wildman–Crippen MR) is 150 cm³/mol. The second-order valence-corrected chi connectivity index (χ2v) is 9.74. The van der Waals surface area contributed by atoms with Gasteiger partial charge in [0.15, 0.2) is 5.82 Å². The van der Waals surface area contributed by atoms with Gasteiger partial charge in [-0.2, -0.15) is 0 Å². The SMILES string of the molecule is CCCCCCCCCCOc1ccc(-c2ncc(CCCC(C)OC(=O)c3ccccc3)cn2)cc1. The molecule has 1 atom stereocenters. The van der Waals surface area contributed by atoms with E-state index in [0.29, 0.717) is 11.4 Å². The Balaban J connectivity index is 1.32. The van der Waals surface area contributed by atoms with Crippen LogP contribution in [0.2, 0.25) is 0 Å². The summed E-state index contributed by atoms with van der Waals surface area (Å²) in [6, 6.07) is 17.1. The molecule has 37 heavy (non-hydrogen) atoms. The molecule has 0 N–H and O–H groups in total. The number of aromatic nitrogens is 2. The van der Waals surface area contributed by atoms with E-state index >= 15 is 0 Å². The van der Waals surface area contributed by atoms with Gasteiger partial charge in [0.25, 0.3) is 0 Å². The van der Waals surface area contributed by atoms with Crippen LogP contribution in [0, 0.1) is 0 Å². The van der Waals surface area contributed by atoms with Crippen LogP contribution >= 0.6 is 0 Å². The summed E-state index contributed by atoms with van der Waals surface area (Å²) in [5.41, 5.74) is 2.64. The summed E-state index contributed by atoms with van der Waals surface area (Å²) in [7, 11) is 0. The topological polar surface area (TPSA) is 61.3 Å². The van der Waals surface area contributed by atoms with Crippen molar-refractivity contribution in [2.45, 2.75) is 90.6 Å². The van der Waals surface area contributed by atoms with Gasteiger partial charge in [-0.25, -0.2) is 14.8 Å². The van der Waals surface area contributed by atoms with Crippen LogP contribution in [0.3, 0.4) is 0 Å². The first kappa shape index (κ1) is 28.4. The van der Waals surface area contributed by atoms with Crippen molar-refractivity contribution in [1.82, 2.24) is 9.97 Å². The van der Waals surface area contributed by atoms with E-state index in [1.165, 1.54) is 44.9 Å². The first-order chi connectivity index (χ1) is 18.2. The third-order valence-corrected chi connectivity index (χ3v) is 6.48. The van der Waals surface area contributed by atoms with Crippen LogP contribution in [0.25, 0.3) is 11.4 Å². The van der Waals surface area contributed by atoms with E-state index in [1.54, 1.807) is 12.1 Å². The zero-order valence-corrected chi connectivity index (χ0v) is 22.5. The molecule has 0 fully saturated rings. The lowest BCUT2D eigenvalue weighted by Crippen LogP contribution is -2.15. The van der Waals surface area contributed by atoms with E-state index in [4.69, 9.17) is 9.47 Å². The van der Waals surface area contributed by atoms with Crippen LogP contribution in [0.15, 0.2) is 67.0 Å². The molecule has 0 saturated heterocycles. The average molecular weight is 503 g/mol. The molecular formula is C32H42N2O3. The number of aryl methyl sites for hydroxylation is 1. The van der Waals surface area contributed by atoms with Gasteiger partial charge in [0.2, 0.25) is 0 Å². The number of benzene rings is 2. The standard InChI is InChI=1S/C32H42N2O3/c1-3-4-5-6-7-8-9-13-23-36-30-21-19-28(20-22-30)31-33-24-27(25-34-31)16-14-15-26(2)37-32(35)29-17-11-10-12-18-29/h10-12,17-22,24-26H,3-9,13-16,23H2,1-2H3. The summed E-state index contributed by atoms with van der Waals surface area (Å²) in [4.78, 5) is 21.3. The number of hydrogen-bond acceptors (Lipinski definition) is 5. The Morgan fingerprint density at radius 1 is 0.811 bits per heavy atom. The molecular weight excluding hydrogens is 460 g/mol. The van der Waals surface area contributed by atoms with Crippen LogP contribution in [0.5, 0.6) is 5.75 Å². The van der Waals surface area contributed by atoms with E-state index < -0.39 is 0 Å². The lowest BCUT2D eigenvalue weighted by molar-refractivity contribution is 0.0321. The number of carbonyl (C=O) groups excluding carboxylic acids is 1. The molecule has 3 rings (SSSR count). The molecule has 3 aromatic rings. The third kappa shape index (κ3) is 10.7. The van der Waals surface area contributed by atoms with Gasteiger partial charge in [-0.15, -0.1) is 0 Å². The molecule has 1 aromatic heterocycles. The lowest BCUT2D eigenvalue weighted by atomic mass is 10.1. The highest BCUT2D eigenvalue weighted by atomic mass is 16.5. The summed E-state index contributed by atoms with van der Waals surface area (Å²) in [6.45, 7) is 4.96. The van der Waals surface area contributed by atoms with Crippen molar-refractivity contribution in [3.8, 4) is 17.1 Å². The molecule has 0 bridgehead atoms. The predicted octanol–water partition coefficient (Wildman–Crippen LogP) is 8.23. The molecule has 0 aliphatic rings. The van der Waals surface area contributed by atoms with Crippen LogP contribution in [0.1, 0.15) is 94.0 Å². The normalized spacial score (nSPS) is 11.7. The minimum Gasteiger partial charge on any atom is -0.494 e. The molecule has 1 unspecified atom stereocenters. The zero-order chi connectivity index (χ0) is 26.1. The summed E-state index contributed by atoms with van der Waals surface area (Å²) >= 11 is 0. The Bertz CT molecular complexity index is 1020. The van der Waals surface area contributed by atoms with Crippen LogP contribution < -0.4 is 4.74 Å². The molecule has 198 valence electrons. The fourth-order valence-corrected chi connectivity index (χ4v) is 4.24. The summed E-state index contributed by atoms with van der Waals surface area (Å²) < 4.78 is 11.4. The number of carbonyl (C=O) groups is 1. The highest BCUT2D eigenvalue weighted by Gasteiger charge is 2.11. The van der Waals surface area contributed by atoms with Crippen LogP contribution in [-0.2, 0) is 11.2 Å². The zero-order valence-electron chi connectivity index (χ0n) is 22.5. The van der Waals surface area contributed by atoms with E-state index in [1.807, 2.05) is 61.8 Å². The largest absolute Gasteiger partial charge is 0.494 e. The first-order valence-electron chi connectivity index (χ1n) is 14.0. The summed E-state index contributed by atoms with van der Waals surface area (Å²) in [5, 5.41) is 0. The minimum absolute atomic E-state index is 0.135. The molecule has 0 aliphatic carbocycles. The van der Waals surface area contributed by atoms with Crippen molar-refractivity contribution in [3.05, 3.63) is 78.1 Å². The molecule has 2 aromatic carbocycles. The fourth-order valence-electron chi connectivity index (χ4n) is 4.24. The van der Waals surface area contributed by atoms with Gasteiger partial charge in [-0.3, -0.25) is 0 Å². The highest BCUT2D eigenvalue weighted by molar-refractivity contribution is 5.89. The third-order valence-electron chi connectivity index (χ3n) is 6.48. The Kier molecular flexibility index (Phi) is 12.7. The monoisotopic (exact) mass is 502 g/mol. The summed E-state index contributed by atoms with van der Waals surface area (Å²) in [6.07, 6.45) is 16.6. The Morgan fingerprint density at radius 3 is 2.14 bits per heavy atom. The van der Waals surface area contributed by atoms with Gasteiger partial charge in [-0.05, 0) is 74.6 Å². The van der Waals surface area contributed by atoms with E-state index in [-0.39, 0.29) is 12.1 Å². The number of ether oxygens (including phenoxy) is 2. The fraction of sp³-hybridized carbons (Fsp3) is 0.469. The van der Waals surface area contributed by atoms with Gasteiger partial charge in [0.05, 0.1) is 18.3 Å². The molecule has 0 saturated carbocycles. The molecule has 5 nitrogen and oxygen atoms in total. The van der Waals surface area contributed by atoms with E-state index in [9.17, 15) is 4.79 Å². The van der Waals surface area contributed by atoms with Crippen molar-refractivity contribution >= 4 is 5.97 Å². The van der Waals surface area contributed by atoms with E-state index in [0.717, 1.165) is 49.2 Å². The quantitative estimate of drug-likeness (QED) is 0.137. The van der Waals surface area contributed by atoms with Gasteiger partial charge in [0.1, 0.15) is 5.75 Å². The number of esters is 1. The van der Waals surface area contributed by atoms with Crippen molar-refractivity contribution in [1.29, 1.82) is 0 Å². The Labute approximate surface area is 222 Å². The maximum atomic E-state index is 12.2.